The number of nitrogens with one attached hydrogen (secondary N) is 2. The van der Waals surface area contributed by atoms with Gasteiger partial charge in [-0.05, 0) is 47.0 Å². The molecule has 0 radical (unpaired) electrons. The molecule has 0 aromatic heterocycles. The van der Waals surface area contributed by atoms with E-state index in [-0.39, 0.29) is 12.1 Å². The molecule has 1 unspecified atom stereocenters. The van der Waals surface area contributed by atoms with Crippen LogP contribution < -0.4 is 10.6 Å². The summed E-state index contributed by atoms with van der Waals surface area (Å²) in [5.41, 5.74) is -1.88. The van der Waals surface area contributed by atoms with Gasteiger partial charge in [-0.3, -0.25) is 4.79 Å². The van der Waals surface area contributed by atoms with Crippen molar-refractivity contribution >= 4 is 12.0 Å². The maximum Gasteiger partial charge on any atom is 0.315 e. The number of hydrogen-bond acceptors (Lipinski definition) is 2. The monoisotopic (exact) mass is 268 g/mol. The van der Waals surface area contributed by atoms with Gasteiger partial charge in [-0.25, -0.2) is 4.79 Å². The van der Waals surface area contributed by atoms with Crippen molar-refractivity contribution in [1.82, 2.24) is 10.6 Å². The number of urea groups is 1. The van der Waals surface area contributed by atoms with E-state index in [1.165, 1.54) is 0 Å². The third-order valence-electron chi connectivity index (χ3n) is 4.13. The lowest BCUT2D eigenvalue weighted by atomic mass is 9.74. The second-order valence-electron chi connectivity index (χ2n) is 6.13. The predicted molar refractivity (Wildman–Crippen MR) is 73.9 cm³/mol. The van der Waals surface area contributed by atoms with Crippen LogP contribution >= 0.6 is 0 Å². The standard InChI is InChI=1S/C14H24N2O3/c1-13(2,11(17)18)14(3,4)16-12(19)15-10-8-6-5-7-9-10/h5-6,10H,7-9H2,1-4H3,(H,17,18)(H2,15,16,19). The van der Waals surface area contributed by atoms with Crippen molar-refractivity contribution in [2.45, 2.75) is 58.5 Å². The molecule has 0 heterocycles. The van der Waals surface area contributed by atoms with Gasteiger partial charge in [0.1, 0.15) is 0 Å². The minimum atomic E-state index is -1.04. The van der Waals surface area contributed by atoms with Crippen LogP contribution in [0.25, 0.3) is 0 Å². The molecule has 1 atom stereocenters. The van der Waals surface area contributed by atoms with E-state index in [2.05, 4.69) is 22.8 Å². The van der Waals surface area contributed by atoms with Crippen LogP contribution in [0.3, 0.4) is 0 Å². The van der Waals surface area contributed by atoms with Gasteiger partial charge in [0.15, 0.2) is 0 Å². The Balaban J connectivity index is 2.60. The largest absolute Gasteiger partial charge is 0.481 e. The molecule has 0 aliphatic heterocycles. The second kappa shape index (κ2) is 5.63. The van der Waals surface area contributed by atoms with E-state index >= 15 is 0 Å². The van der Waals surface area contributed by atoms with Crippen LogP contribution in [0.15, 0.2) is 12.2 Å². The fourth-order valence-electron chi connectivity index (χ4n) is 1.85. The van der Waals surface area contributed by atoms with Gasteiger partial charge < -0.3 is 15.7 Å². The average molecular weight is 268 g/mol. The molecule has 5 heteroatoms. The number of hydrogen-bond donors (Lipinski definition) is 3. The molecular weight excluding hydrogens is 244 g/mol. The van der Waals surface area contributed by atoms with Gasteiger partial charge in [0.2, 0.25) is 0 Å². The minimum absolute atomic E-state index is 0.133. The number of carbonyl (C=O) groups is 2. The molecule has 0 fully saturated rings. The number of amides is 2. The summed E-state index contributed by atoms with van der Waals surface area (Å²) in [6, 6.07) is -0.173. The van der Waals surface area contributed by atoms with Gasteiger partial charge in [-0.1, -0.05) is 12.2 Å². The Hall–Kier alpha value is -1.52. The topological polar surface area (TPSA) is 78.4 Å². The molecule has 1 aliphatic carbocycles. The number of carbonyl (C=O) groups excluding carboxylic acids is 1. The van der Waals surface area contributed by atoms with E-state index in [0.717, 1.165) is 19.3 Å². The quantitative estimate of drug-likeness (QED) is 0.684. The maximum atomic E-state index is 12.0. The van der Waals surface area contributed by atoms with Crippen molar-refractivity contribution in [3.05, 3.63) is 12.2 Å². The molecule has 108 valence electrons. The molecule has 3 N–H and O–H groups in total. The van der Waals surface area contributed by atoms with E-state index in [4.69, 9.17) is 0 Å². The Morgan fingerprint density at radius 2 is 1.84 bits per heavy atom. The molecule has 0 bridgehead atoms. The SMILES string of the molecule is CC(C)(NC(=O)NC1CC=CCC1)C(C)(C)C(=O)O. The first-order chi connectivity index (χ1) is 8.67. The summed E-state index contributed by atoms with van der Waals surface area (Å²) in [4.78, 5) is 23.2. The molecule has 1 rings (SSSR count). The highest BCUT2D eigenvalue weighted by atomic mass is 16.4. The minimum Gasteiger partial charge on any atom is -0.481 e. The first-order valence-corrected chi connectivity index (χ1v) is 6.64. The lowest BCUT2D eigenvalue weighted by Crippen LogP contribution is -2.60. The van der Waals surface area contributed by atoms with Gasteiger partial charge in [-0.15, -0.1) is 0 Å². The summed E-state index contributed by atoms with van der Waals surface area (Å²) in [6.07, 6.45) is 6.88. The predicted octanol–water partition coefficient (Wildman–Crippen LogP) is 2.28. The van der Waals surface area contributed by atoms with Crippen LogP contribution in [0, 0.1) is 5.41 Å². The van der Waals surface area contributed by atoms with Crippen molar-refractivity contribution in [1.29, 1.82) is 0 Å². The van der Waals surface area contributed by atoms with Crippen molar-refractivity contribution in [2.24, 2.45) is 5.41 Å². The van der Waals surface area contributed by atoms with Crippen molar-refractivity contribution in [3.63, 3.8) is 0 Å². The van der Waals surface area contributed by atoms with Crippen molar-refractivity contribution < 1.29 is 14.7 Å². The van der Waals surface area contributed by atoms with Gasteiger partial charge in [-0.2, -0.15) is 0 Å². The number of rotatable bonds is 4. The highest BCUT2D eigenvalue weighted by Gasteiger charge is 2.44. The number of carboxylic acids is 1. The second-order valence-corrected chi connectivity index (χ2v) is 6.13. The van der Waals surface area contributed by atoms with Crippen LogP contribution in [0.5, 0.6) is 0 Å². The molecular formula is C14H24N2O3. The van der Waals surface area contributed by atoms with Crippen LogP contribution in [-0.2, 0) is 4.79 Å². The number of allylic oxidation sites excluding steroid dienone is 1. The van der Waals surface area contributed by atoms with Crippen LogP contribution in [0.2, 0.25) is 0 Å². The number of aliphatic carboxylic acids is 1. The molecule has 2 amide bonds. The Labute approximate surface area is 114 Å². The smallest absolute Gasteiger partial charge is 0.315 e. The third-order valence-corrected chi connectivity index (χ3v) is 4.13. The lowest BCUT2D eigenvalue weighted by molar-refractivity contribution is -0.150. The van der Waals surface area contributed by atoms with Gasteiger partial charge in [0, 0.05) is 6.04 Å². The van der Waals surface area contributed by atoms with Gasteiger partial charge in [0.25, 0.3) is 0 Å². The molecule has 19 heavy (non-hydrogen) atoms. The van der Waals surface area contributed by atoms with E-state index in [0.29, 0.717) is 0 Å². The Bertz CT molecular complexity index is 386. The maximum absolute atomic E-state index is 12.0. The summed E-state index contributed by atoms with van der Waals surface area (Å²) in [5.74, 6) is -0.932. The summed E-state index contributed by atoms with van der Waals surface area (Å²) in [6.45, 7) is 6.67. The molecule has 0 saturated carbocycles. The van der Waals surface area contributed by atoms with Crippen LogP contribution in [0.1, 0.15) is 47.0 Å². The Kier molecular flexibility index (Phi) is 4.61. The average Bonchev–Trinajstić information content (AvgIpc) is 2.28. The van der Waals surface area contributed by atoms with Crippen LogP contribution in [-0.4, -0.2) is 28.7 Å². The fourth-order valence-corrected chi connectivity index (χ4v) is 1.85. The number of carboxylic acid groups (broad SMARTS) is 1. The zero-order chi connectivity index (χ0) is 14.7. The zero-order valence-corrected chi connectivity index (χ0v) is 12.1. The molecule has 1 aliphatic rings. The molecule has 5 nitrogen and oxygen atoms in total. The molecule has 0 spiro atoms. The summed E-state index contributed by atoms with van der Waals surface area (Å²) in [5, 5.41) is 14.9. The first kappa shape index (κ1) is 15.5. The van der Waals surface area contributed by atoms with E-state index in [1.54, 1.807) is 27.7 Å². The van der Waals surface area contributed by atoms with E-state index in [9.17, 15) is 14.7 Å². The van der Waals surface area contributed by atoms with Crippen molar-refractivity contribution in [3.8, 4) is 0 Å². The van der Waals surface area contributed by atoms with E-state index < -0.39 is 16.9 Å². The van der Waals surface area contributed by atoms with Gasteiger partial charge in [0.05, 0.1) is 11.0 Å². The summed E-state index contributed by atoms with van der Waals surface area (Å²) in [7, 11) is 0. The highest BCUT2D eigenvalue weighted by Crippen LogP contribution is 2.30. The molecule has 0 aromatic carbocycles. The summed E-state index contributed by atoms with van der Waals surface area (Å²) < 4.78 is 0. The zero-order valence-electron chi connectivity index (χ0n) is 12.1. The van der Waals surface area contributed by atoms with Gasteiger partial charge >= 0.3 is 12.0 Å². The molecule has 0 aromatic rings. The Morgan fingerprint density at radius 3 is 2.32 bits per heavy atom. The first-order valence-electron chi connectivity index (χ1n) is 6.64. The van der Waals surface area contributed by atoms with Crippen LogP contribution in [0.4, 0.5) is 4.79 Å². The molecule has 0 saturated heterocycles. The highest BCUT2D eigenvalue weighted by molar-refractivity contribution is 5.79. The Morgan fingerprint density at radius 1 is 1.21 bits per heavy atom. The van der Waals surface area contributed by atoms with E-state index in [1.807, 2.05) is 0 Å². The lowest BCUT2D eigenvalue weighted by Gasteiger charge is -2.39. The summed E-state index contributed by atoms with van der Waals surface area (Å²) >= 11 is 0. The third kappa shape index (κ3) is 3.72. The van der Waals surface area contributed by atoms with Crippen molar-refractivity contribution in [2.75, 3.05) is 0 Å². The normalized spacial score (nSPS) is 19.9. The fraction of sp³-hybridized carbons (Fsp3) is 0.714.